The fourth-order valence-electron chi connectivity index (χ4n) is 1.74. The first-order valence-electron chi connectivity index (χ1n) is 6.00. The second-order valence-corrected chi connectivity index (χ2v) is 4.54. The van der Waals surface area contributed by atoms with Crippen LogP contribution in [-0.2, 0) is 0 Å². The topological polar surface area (TPSA) is 39.2 Å². The monoisotopic (exact) mass is 275 g/mol. The van der Waals surface area contributed by atoms with Gasteiger partial charge in [-0.15, -0.1) is 0 Å². The van der Waals surface area contributed by atoms with E-state index in [1.807, 2.05) is 13.8 Å². The molecule has 0 atom stereocenters. The van der Waals surface area contributed by atoms with E-state index in [0.29, 0.717) is 28.5 Å². The average Bonchev–Trinajstić information content (AvgIpc) is 2.42. The number of benzene rings is 1. The van der Waals surface area contributed by atoms with Crippen molar-refractivity contribution in [3.05, 3.63) is 58.4 Å². The number of nitrogens with zero attached hydrogens (tertiary/aromatic N) is 1. The standard InChI is InChI=1S/C15H14ClNO2/c1-3-19-13-7-12(8-17-9-13)15(18)11-4-5-14(16)10(2)6-11/h4-9H,3H2,1-2H3. The zero-order chi connectivity index (χ0) is 13.8. The Kier molecular flexibility index (Phi) is 4.17. The Bertz CT molecular complexity index is 611. The van der Waals surface area contributed by atoms with Crippen molar-refractivity contribution in [2.45, 2.75) is 13.8 Å². The number of aryl methyl sites for hydroxylation is 1. The predicted molar refractivity (Wildman–Crippen MR) is 75.0 cm³/mol. The molecule has 1 aromatic carbocycles. The number of halogens is 1. The maximum atomic E-state index is 12.3. The lowest BCUT2D eigenvalue weighted by Crippen LogP contribution is -2.03. The molecule has 0 aliphatic rings. The highest BCUT2D eigenvalue weighted by Gasteiger charge is 2.11. The van der Waals surface area contributed by atoms with Gasteiger partial charge in [-0.3, -0.25) is 9.78 Å². The number of rotatable bonds is 4. The quantitative estimate of drug-likeness (QED) is 0.799. The van der Waals surface area contributed by atoms with Crippen molar-refractivity contribution in [1.29, 1.82) is 0 Å². The van der Waals surface area contributed by atoms with Crippen molar-refractivity contribution in [3.63, 3.8) is 0 Å². The molecule has 1 heterocycles. The number of pyridine rings is 1. The Hall–Kier alpha value is -1.87. The number of aromatic nitrogens is 1. The number of ether oxygens (including phenoxy) is 1. The highest BCUT2D eigenvalue weighted by atomic mass is 35.5. The van der Waals surface area contributed by atoms with Gasteiger partial charge >= 0.3 is 0 Å². The summed E-state index contributed by atoms with van der Waals surface area (Å²) in [4.78, 5) is 16.3. The van der Waals surface area contributed by atoms with Crippen molar-refractivity contribution < 1.29 is 9.53 Å². The molecule has 0 N–H and O–H groups in total. The summed E-state index contributed by atoms with van der Waals surface area (Å²) in [6.07, 6.45) is 3.13. The Morgan fingerprint density at radius 3 is 2.74 bits per heavy atom. The van der Waals surface area contributed by atoms with Crippen molar-refractivity contribution in [1.82, 2.24) is 4.98 Å². The minimum Gasteiger partial charge on any atom is -0.492 e. The van der Waals surface area contributed by atoms with Gasteiger partial charge in [0.15, 0.2) is 5.78 Å². The van der Waals surface area contributed by atoms with E-state index < -0.39 is 0 Å². The van der Waals surface area contributed by atoms with Crippen LogP contribution in [0.3, 0.4) is 0 Å². The van der Waals surface area contributed by atoms with Crippen molar-refractivity contribution in [3.8, 4) is 5.75 Å². The average molecular weight is 276 g/mol. The number of hydrogen-bond acceptors (Lipinski definition) is 3. The van der Waals surface area contributed by atoms with Gasteiger partial charge in [0.2, 0.25) is 0 Å². The zero-order valence-corrected chi connectivity index (χ0v) is 11.6. The number of hydrogen-bond donors (Lipinski definition) is 0. The van der Waals surface area contributed by atoms with Gasteiger partial charge in [-0.25, -0.2) is 0 Å². The van der Waals surface area contributed by atoms with Gasteiger partial charge in [-0.2, -0.15) is 0 Å². The van der Waals surface area contributed by atoms with Crippen LogP contribution in [0.15, 0.2) is 36.7 Å². The van der Waals surface area contributed by atoms with Gasteiger partial charge in [0.25, 0.3) is 0 Å². The zero-order valence-electron chi connectivity index (χ0n) is 10.8. The molecule has 0 amide bonds. The van der Waals surface area contributed by atoms with Gasteiger partial charge in [0.1, 0.15) is 5.75 Å². The first kappa shape index (κ1) is 13.6. The molecule has 0 unspecified atom stereocenters. The molecule has 0 saturated heterocycles. The number of ketones is 1. The van der Waals surface area contributed by atoms with Crippen LogP contribution in [0.1, 0.15) is 28.4 Å². The summed E-state index contributed by atoms with van der Waals surface area (Å²) in [5.74, 6) is 0.507. The van der Waals surface area contributed by atoms with Gasteiger partial charge in [-0.1, -0.05) is 11.6 Å². The molecule has 19 heavy (non-hydrogen) atoms. The van der Waals surface area contributed by atoms with E-state index in [0.717, 1.165) is 5.56 Å². The van der Waals surface area contributed by atoms with Crippen molar-refractivity contribution in [2.75, 3.05) is 6.61 Å². The molecule has 0 radical (unpaired) electrons. The van der Waals surface area contributed by atoms with Crippen LogP contribution in [0, 0.1) is 6.92 Å². The van der Waals surface area contributed by atoms with E-state index in [1.165, 1.54) is 6.20 Å². The molecule has 0 fully saturated rings. The van der Waals surface area contributed by atoms with Crippen LogP contribution >= 0.6 is 11.6 Å². The van der Waals surface area contributed by atoms with E-state index in [2.05, 4.69) is 4.98 Å². The number of carbonyl (C=O) groups is 1. The van der Waals surface area contributed by atoms with Crippen LogP contribution in [0.4, 0.5) is 0 Å². The second-order valence-electron chi connectivity index (χ2n) is 4.14. The summed E-state index contributed by atoms with van der Waals surface area (Å²) in [5, 5.41) is 0.651. The Morgan fingerprint density at radius 2 is 2.05 bits per heavy atom. The van der Waals surface area contributed by atoms with Crippen LogP contribution < -0.4 is 4.74 Å². The highest BCUT2D eigenvalue weighted by molar-refractivity contribution is 6.31. The molecule has 1 aromatic heterocycles. The summed E-state index contributed by atoms with van der Waals surface area (Å²) < 4.78 is 5.34. The Labute approximate surface area is 117 Å². The maximum Gasteiger partial charge on any atom is 0.194 e. The van der Waals surface area contributed by atoms with Crippen molar-refractivity contribution in [2.24, 2.45) is 0 Å². The van der Waals surface area contributed by atoms with Gasteiger partial charge < -0.3 is 4.74 Å². The Balaban J connectivity index is 2.32. The molecule has 2 aromatic rings. The van der Waals surface area contributed by atoms with Gasteiger partial charge in [0, 0.05) is 22.3 Å². The Morgan fingerprint density at radius 1 is 1.26 bits per heavy atom. The fourth-order valence-corrected chi connectivity index (χ4v) is 1.86. The summed E-state index contributed by atoms with van der Waals surface area (Å²) in [6, 6.07) is 6.91. The molecule has 0 bridgehead atoms. The lowest BCUT2D eigenvalue weighted by molar-refractivity contribution is 0.103. The van der Waals surface area contributed by atoms with Crippen LogP contribution in [-0.4, -0.2) is 17.4 Å². The smallest absolute Gasteiger partial charge is 0.194 e. The van der Waals surface area contributed by atoms with Gasteiger partial charge in [-0.05, 0) is 43.7 Å². The van der Waals surface area contributed by atoms with Crippen LogP contribution in [0.5, 0.6) is 5.75 Å². The molecule has 0 spiro atoms. The van der Waals surface area contributed by atoms with E-state index >= 15 is 0 Å². The molecule has 0 saturated carbocycles. The molecule has 98 valence electrons. The van der Waals surface area contributed by atoms with E-state index in [9.17, 15) is 4.79 Å². The lowest BCUT2D eigenvalue weighted by atomic mass is 10.0. The largest absolute Gasteiger partial charge is 0.492 e. The normalized spacial score (nSPS) is 10.3. The highest BCUT2D eigenvalue weighted by Crippen LogP contribution is 2.20. The molecular weight excluding hydrogens is 262 g/mol. The van der Waals surface area contributed by atoms with Crippen LogP contribution in [0.25, 0.3) is 0 Å². The second kappa shape index (κ2) is 5.85. The van der Waals surface area contributed by atoms with E-state index in [4.69, 9.17) is 16.3 Å². The summed E-state index contributed by atoms with van der Waals surface area (Å²) >= 11 is 5.95. The third kappa shape index (κ3) is 3.12. The van der Waals surface area contributed by atoms with Crippen LogP contribution in [0.2, 0.25) is 5.02 Å². The maximum absolute atomic E-state index is 12.3. The molecule has 0 aliphatic carbocycles. The molecular formula is C15H14ClNO2. The third-order valence-corrected chi connectivity index (χ3v) is 3.13. The third-order valence-electron chi connectivity index (χ3n) is 2.71. The molecule has 3 nitrogen and oxygen atoms in total. The van der Waals surface area contributed by atoms with Gasteiger partial charge in [0.05, 0.1) is 12.8 Å². The predicted octanol–water partition coefficient (Wildman–Crippen LogP) is 3.67. The molecule has 0 aliphatic heterocycles. The summed E-state index contributed by atoms with van der Waals surface area (Å²) in [5.41, 5.74) is 1.98. The summed E-state index contributed by atoms with van der Waals surface area (Å²) in [6.45, 7) is 4.30. The first-order chi connectivity index (χ1) is 9.11. The van der Waals surface area contributed by atoms with Crippen molar-refractivity contribution >= 4 is 17.4 Å². The lowest BCUT2D eigenvalue weighted by Gasteiger charge is -2.06. The minimum atomic E-state index is -0.0891. The summed E-state index contributed by atoms with van der Waals surface area (Å²) in [7, 11) is 0. The molecule has 2 rings (SSSR count). The van der Waals surface area contributed by atoms with E-state index in [1.54, 1.807) is 30.5 Å². The SMILES string of the molecule is CCOc1cncc(C(=O)c2ccc(Cl)c(C)c2)c1. The molecule has 4 heteroatoms. The first-order valence-corrected chi connectivity index (χ1v) is 6.38. The fraction of sp³-hybridized carbons (Fsp3) is 0.200. The van der Waals surface area contributed by atoms with E-state index in [-0.39, 0.29) is 5.78 Å². The minimum absolute atomic E-state index is 0.0891. The number of carbonyl (C=O) groups excluding carboxylic acids is 1.